The molecule has 2 aromatic rings. The second-order valence-electron chi connectivity index (χ2n) is 5.69. The number of fused-ring (bicyclic) bond motifs is 1. The van der Waals surface area contributed by atoms with E-state index >= 15 is 0 Å². The van der Waals surface area contributed by atoms with Gasteiger partial charge in [0.05, 0.1) is 12.1 Å². The van der Waals surface area contributed by atoms with Crippen LogP contribution in [0.25, 0.3) is 0 Å². The second kappa shape index (κ2) is 6.07. The number of Topliss-reactive ketones (excluding diaryl/α,β-unsaturated/α-hetero) is 1. The Labute approximate surface area is 128 Å². The number of nitrogens with zero attached hydrogens (tertiary/aromatic N) is 4. The minimum atomic E-state index is 0.172. The molecule has 2 aromatic heterocycles. The van der Waals surface area contributed by atoms with Gasteiger partial charge in [0, 0.05) is 43.0 Å². The fourth-order valence-corrected chi connectivity index (χ4v) is 3.82. The first kappa shape index (κ1) is 14.4. The zero-order valence-electron chi connectivity index (χ0n) is 12.5. The first-order chi connectivity index (χ1) is 10.1. The summed E-state index contributed by atoms with van der Waals surface area (Å²) in [5, 5.41) is 5.46. The Morgan fingerprint density at radius 2 is 2.33 bits per heavy atom. The molecule has 0 unspecified atom stereocenters. The van der Waals surface area contributed by atoms with Crippen molar-refractivity contribution < 1.29 is 4.79 Å². The molecule has 0 saturated heterocycles. The van der Waals surface area contributed by atoms with Crippen LogP contribution in [0, 0.1) is 0 Å². The molecule has 112 valence electrons. The molecule has 0 atom stereocenters. The van der Waals surface area contributed by atoms with Gasteiger partial charge in [-0.15, -0.1) is 11.3 Å². The largest absolute Gasteiger partial charge is 0.300 e. The number of aryl methyl sites for hydroxylation is 2. The second-order valence-corrected chi connectivity index (χ2v) is 6.89. The minimum absolute atomic E-state index is 0.172. The number of aromatic nitrogens is 3. The lowest BCUT2D eigenvalue weighted by Crippen LogP contribution is -2.22. The van der Waals surface area contributed by atoms with E-state index in [9.17, 15) is 4.79 Å². The summed E-state index contributed by atoms with van der Waals surface area (Å²) in [5.41, 5.74) is 2.57. The molecule has 0 fully saturated rings. The van der Waals surface area contributed by atoms with Crippen molar-refractivity contribution in [1.82, 2.24) is 19.7 Å². The summed E-state index contributed by atoms with van der Waals surface area (Å²) >= 11 is 1.65. The predicted molar refractivity (Wildman–Crippen MR) is 82.1 cm³/mol. The van der Waals surface area contributed by atoms with E-state index in [1.165, 1.54) is 16.1 Å². The van der Waals surface area contributed by atoms with Crippen LogP contribution in [0.15, 0.2) is 12.4 Å². The monoisotopic (exact) mass is 304 g/mol. The third kappa shape index (κ3) is 3.57. The van der Waals surface area contributed by atoms with E-state index in [4.69, 9.17) is 0 Å². The summed E-state index contributed by atoms with van der Waals surface area (Å²) in [5.74, 6) is 0.172. The van der Waals surface area contributed by atoms with Gasteiger partial charge >= 0.3 is 0 Å². The lowest BCUT2D eigenvalue weighted by Gasteiger charge is -2.18. The summed E-state index contributed by atoms with van der Waals surface area (Å²) in [7, 11) is 1.98. The maximum absolute atomic E-state index is 11.1. The van der Waals surface area contributed by atoms with Gasteiger partial charge in [-0.25, -0.2) is 4.98 Å². The lowest BCUT2D eigenvalue weighted by molar-refractivity contribution is -0.116. The Kier molecular flexibility index (Phi) is 4.17. The molecular weight excluding hydrogens is 284 g/mol. The van der Waals surface area contributed by atoms with Gasteiger partial charge in [-0.2, -0.15) is 5.10 Å². The highest BCUT2D eigenvalue weighted by atomic mass is 32.1. The molecular formula is C15H20N4OS. The van der Waals surface area contributed by atoms with Crippen molar-refractivity contribution in [2.45, 2.75) is 39.3 Å². The maximum atomic E-state index is 11.1. The van der Waals surface area contributed by atoms with Gasteiger partial charge in [-0.3, -0.25) is 14.4 Å². The first-order valence-electron chi connectivity index (χ1n) is 7.27. The zero-order valence-corrected chi connectivity index (χ0v) is 13.3. The fourth-order valence-electron chi connectivity index (χ4n) is 2.79. The number of carbonyl (C=O) groups is 1. The standard InChI is InChI=1S/C15H20N4OS/c1-11(20)6-15-16-7-13(21-15)10-19-5-3-4-14-12(9-19)8-18(2)17-14/h7-8H,3-6,9-10H2,1-2H3. The van der Waals surface area contributed by atoms with Gasteiger partial charge in [0.2, 0.25) is 0 Å². The van der Waals surface area contributed by atoms with Crippen LogP contribution in [0.4, 0.5) is 0 Å². The van der Waals surface area contributed by atoms with Crippen LogP contribution in [0.5, 0.6) is 0 Å². The van der Waals surface area contributed by atoms with Gasteiger partial charge in [-0.1, -0.05) is 0 Å². The van der Waals surface area contributed by atoms with Crippen molar-refractivity contribution in [1.29, 1.82) is 0 Å². The average Bonchev–Trinajstić information content (AvgIpc) is 2.91. The van der Waals surface area contributed by atoms with Gasteiger partial charge < -0.3 is 0 Å². The highest BCUT2D eigenvalue weighted by molar-refractivity contribution is 7.11. The molecule has 0 aliphatic carbocycles. The summed E-state index contributed by atoms with van der Waals surface area (Å²) in [4.78, 5) is 19.2. The third-order valence-electron chi connectivity index (χ3n) is 3.65. The molecule has 1 aliphatic rings. The Balaban J connectivity index is 1.67. The highest BCUT2D eigenvalue weighted by Crippen LogP contribution is 2.21. The minimum Gasteiger partial charge on any atom is -0.300 e. The molecule has 5 nitrogen and oxygen atoms in total. The fraction of sp³-hybridized carbons (Fsp3) is 0.533. The van der Waals surface area contributed by atoms with Crippen LogP contribution in [-0.2, 0) is 37.8 Å². The molecule has 21 heavy (non-hydrogen) atoms. The summed E-state index contributed by atoms with van der Waals surface area (Å²) in [6.45, 7) is 4.55. The van der Waals surface area contributed by atoms with E-state index in [0.717, 1.165) is 37.5 Å². The van der Waals surface area contributed by atoms with E-state index < -0.39 is 0 Å². The quantitative estimate of drug-likeness (QED) is 0.866. The number of carbonyl (C=O) groups excluding carboxylic acids is 1. The van der Waals surface area contributed by atoms with E-state index in [-0.39, 0.29) is 5.78 Å². The van der Waals surface area contributed by atoms with Crippen LogP contribution >= 0.6 is 11.3 Å². The maximum Gasteiger partial charge on any atom is 0.136 e. The van der Waals surface area contributed by atoms with Gasteiger partial charge in [0.25, 0.3) is 0 Å². The normalized spacial score (nSPS) is 15.7. The van der Waals surface area contributed by atoms with Crippen molar-refractivity contribution in [2.75, 3.05) is 6.54 Å². The molecule has 0 bridgehead atoms. The summed E-state index contributed by atoms with van der Waals surface area (Å²) in [6, 6.07) is 0. The van der Waals surface area contributed by atoms with Crippen molar-refractivity contribution in [3.05, 3.63) is 33.5 Å². The number of hydrogen-bond acceptors (Lipinski definition) is 5. The zero-order chi connectivity index (χ0) is 14.8. The molecule has 0 saturated carbocycles. The van der Waals surface area contributed by atoms with Crippen molar-refractivity contribution in [3.63, 3.8) is 0 Å². The van der Waals surface area contributed by atoms with Crippen molar-refractivity contribution >= 4 is 17.1 Å². The molecule has 3 rings (SSSR count). The van der Waals surface area contributed by atoms with E-state index in [0.29, 0.717) is 6.42 Å². The van der Waals surface area contributed by atoms with Gasteiger partial charge in [0.15, 0.2) is 0 Å². The van der Waals surface area contributed by atoms with Crippen LogP contribution in [0.2, 0.25) is 0 Å². The average molecular weight is 304 g/mol. The number of rotatable bonds is 4. The summed E-state index contributed by atoms with van der Waals surface area (Å²) in [6.07, 6.45) is 6.70. The van der Waals surface area contributed by atoms with Crippen LogP contribution in [0.3, 0.4) is 0 Å². The molecule has 0 radical (unpaired) electrons. The van der Waals surface area contributed by atoms with Gasteiger partial charge in [-0.05, 0) is 26.3 Å². The van der Waals surface area contributed by atoms with Gasteiger partial charge in [0.1, 0.15) is 10.8 Å². The van der Waals surface area contributed by atoms with E-state index in [1.807, 2.05) is 17.9 Å². The van der Waals surface area contributed by atoms with Crippen LogP contribution in [0.1, 0.15) is 34.5 Å². The molecule has 0 N–H and O–H groups in total. The SMILES string of the molecule is CC(=O)Cc1ncc(CN2CCCc3nn(C)cc3C2)s1. The highest BCUT2D eigenvalue weighted by Gasteiger charge is 2.18. The lowest BCUT2D eigenvalue weighted by atomic mass is 10.2. The van der Waals surface area contributed by atoms with E-state index in [1.54, 1.807) is 18.3 Å². The molecule has 0 aromatic carbocycles. The van der Waals surface area contributed by atoms with E-state index in [2.05, 4.69) is 21.2 Å². The Hall–Kier alpha value is -1.53. The first-order valence-corrected chi connectivity index (χ1v) is 8.08. The topological polar surface area (TPSA) is 51.0 Å². The summed E-state index contributed by atoms with van der Waals surface area (Å²) < 4.78 is 1.91. The molecule has 3 heterocycles. The number of thiazole rings is 1. The molecule has 6 heteroatoms. The number of ketones is 1. The smallest absolute Gasteiger partial charge is 0.136 e. The molecule has 0 amide bonds. The van der Waals surface area contributed by atoms with Crippen molar-refractivity contribution in [3.8, 4) is 0 Å². The Bertz CT molecular complexity index is 646. The Morgan fingerprint density at radius 1 is 1.48 bits per heavy atom. The molecule has 1 aliphatic heterocycles. The van der Waals surface area contributed by atoms with Crippen LogP contribution < -0.4 is 0 Å². The van der Waals surface area contributed by atoms with Crippen LogP contribution in [-0.4, -0.2) is 32.0 Å². The third-order valence-corrected chi connectivity index (χ3v) is 4.64. The molecule has 0 spiro atoms. The number of hydrogen-bond donors (Lipinski definition) is 0. The Morgan fingerprint density at radius 3 is 3.14 bits per heavy atom. The predicted octanol–water partition coefficient (Wildman–Crippen LogP) is 1.96. The van der Waals surface area contributed by atoms with Crippen molar-refractivity contribution in [2.24, 2.45) is 7.05 Å².